The van der Waals surface area contributed by atoms with E-state index in [1.54, 1.807) is 35.7 Å². The van der Waals surface area contributed by atoms with Crippen LogP contribution in [0.25, 0.3) is 0 Å². The summed E-state index contributed by atoms with van der Waals surface area (Å²) in [5.74, 6) is 0.320. The van der Waals surface area contributed by atoms with Gasteiger partial charge in [-0.1, -0.05) is 42.5 Å². The van der Waals surface area contributed by atoms with Gasteiger partial charge >= 0.3 is 0 Å². The number of amides is 1. The first kappa shape index (κ1) is 20.4. The summed E-state index contributed by atoms with van der Waals surface area (Å²) in [6.45, 7) is 5.95. The smallest absolute Gasteiger partial charge is 0.225 e. The molecule has 0 fully saturated rings. The number of carbonyl (C=O) groups excluding carboxylic acids is 1. The molecule has 0 aliphatic carbocycles. The summed E-state index contributed by atoms with van der Waals surface area (Å²) in [6.07, 6.45) is 1.94. The number of nitrogens with one attached hydrogen (secondary N) is 1. The minimum Gasteiger partial charge on any atom is -0.490 e. The van der Waals surface area contributed by atoms with E-state index in [-0.39, 0.29) is 28.0 Å². The monoisotopic (exact) mass is 439 g/mol. The van der Waals surface area contributed by atoms with Gasteiger partial charge in [0.2, 0.25) is 15.7 Å². The van der Waals surface area contributed by atoms with Crippen molar-refractivity contribution < 1.29 is 17.9 Å². The van der Waals surface area contributed by atoms with Gasteiger partial charge in [-0.15, -0.1) is 11.3 Å². The van der Waals surface area contributed by atoms with Crippen molar-refractivity contribution in [3.8, 4) is 5.75 Å². The Morgan fingerprint density at radius 2 is 1.87 bits per heavy atom. The molecular formula is C23H21NO4S2. The number of benzene rings is 2. The van der Waals surface area contributed by atoms with Crippen LogP contribution in [0.2, 0.25) is 0 Å². The van der Waals surface area contributed by atoms with Gasteiger partial charge in [-0.05, 0) is 36.8 Å². The molecule has 1 N–H and O–H groups in total. The minimum absolute atomic E-state index is 0.148. The molecule has 1 aliphatic rings. The Balaban J connectivity index is 1.72. The molecule has 1 atom stereocenters. The van der Waals surface area contributed by atoms with E-state index < -0.39 is 9.84 Å². The lowest BCUT2D eigenvalue weighted by atomic mass is 9.90. The molecule has 2 aromatic carbocycles. The molecule has 0 spiro atoms. The van der Waals surface area contributed by atoms with Crippen molar-refractivity contribution >= 4 is 32.8 Å². The van der Waals surface area contributed by atoms with Crippen LogP contribution in [0.1, 0.15) is 28.3 Å². The van der Waals surface area contributed by atoms with E-state index in [0.717, 1.165) is 16.0 Å². The SMILES string of the molecule is C=CCOc1ccc([C@@H]2CC(=O)Nc3c(S(=O)(=O)c4ccc(C)cc4)csc32)cc1. The fourth-order valence-electron chi connectivity index (χ4n) is 3.47. The predicted molar refractivity (Wildman–Crippen MR) is 118 cm³/mol. The highest BCUT2D eigenvalue weighted by atomic mass is 32.2. The average molecular weight is 440 g/mol. The zero-order chi connectivity index (χ0) is 21.3. The Hall–Kier alpha value is -2.90. The van der Waals surface area contributed by atoms with E-state index in [1.807, 2.05) is 31.2 Å². The van der Waals surface area contributed by atoms with E-state index in [2.05, 4.69) is 11.9 Å². The summed E-state index contributed by atoms with van der Waals surface area (Å²) in [7, 11) is -3.73. The normalized spacial score (nSPS) is 15.9. The Morgan fingerprint density at radius 1 is 1.17 bits per heavy atom. The maximum Gasteiger partial charge on any atom is 0.225 e. The van der Waals surface area contributed by atoms with E-state index in [9.17, 15) is 13.2 Å². The van der Waals surface area contributed by atoms with Crippen LogP contribution in [0.4, 0.5) is 5.69 Å². The van der Waals surface area contributed by atoms with Gasteiger partial charge in [0.25, 0.3) is 0 Å². The first-order chi connectivity index (χ1) is 14.4. The third kappa shape index (κ3) is 3.78. The van der Waals surface area contributed by atoms with Gasteiger partial charge in [-0.3, -0.25) is 4.79 Å². The molecule has 0 bridgehead atoms. The highest BCUT2D eigenvalue weighted by molar-refractivity contribution is 7.91. The molecular weight excluding hydrogens is 418 g/mol. The Labute approximate surface area is 179 Å². The van der Waals surface area contributed by atoms with Gasteiger partial charge in [0.1, 0.15) is 17.3 Å². The number of carbonyl (C=O) groups is 1. The van der Waals surface area contributed by atoms with Gasteiger partial charge in [-0.2, -0.15) is 0 Å². The van der Waals surface area contributed by atoms with Crippen LogP contribution in [0.3, 0.4) is 0 Å². The molecule has 1 aromatic heterocycles. The zero-order valence-electron chi connectivity index (χ0n) is 16.4. The third-order valence-corrected chi connectivity index (χ3v) is 8.07. The topological polar surface area (TPSA) is 72.5 Å². The molecule has 154 valence electrons. The van der Waals surface area contributed by atoms with Crippen molar-refractivity contribution in [1.29, 1.82) is 0 Å². The fraction of sp³-hybridized carbons (Fsp3) is 0.174. The van der Waals surface area contributed by atoms with Crippen LogP contribution >= 0.6 is 11.3 Å². The van der Waals surface area contributed by atoms with E-state index in [0.29, 0.717) is 18.0 Å². The first-order valence-corrected chi connectivity index (χ1v) is 11.8. The summed E-state index contributed by atoms with van der Waals surface area (Å²) in [5, 5.41) is 4.42. The highest BCUT2D eigenvalue weighted by Gasteiger charge is 2.34. The van der Waals surface area contributed by atoms with Crippen LogP contribution in [0.15, 0.2) is 76.4 Å². The van der Waals surface area contributed by atoms with Crippen LogP contribution < -0.4 is 10.1 Å². The number of hydrogen-bond acceptors (Lipinski definition) is 5. The average Bonchev–Trinajstić information content (AvgIpc) is 3.17. The van der Waals surface area contributed by atoms with Gasteiger partial charge in [-0.25, -0.2) is 8.42 Å². The number of aryl methyl sites for hydroxylation is 1. The van der Waals surface area contributed by atoms with Crippen LogP contribution in [0.5, 0.6) is 5.75 Å². The Bertz CT molecular complexity index is 1190. The number of thiophene rings is 1. The van der Waals surface area contributed by atoms with Gasteiger partial charge < -0.3 is 10.1 Å². The second-order valence-corrected chi connectivity index (χ2v) is 9.96. The molecule has 0 saturated heterocycles. The summed E-state index contributed by atoms with van der Waals surface area (Å²) in [6, 6.07) is 14.3. The largest absolute Gasteiger partial charge is 0.490 e. The number of sulfone groups is 1. The fourth-order valence-corrected chi connectivity index (χ4v) is 6.38. The van der Waals surface area contributed by atoms with Crippen molar-refractivity contribution in [3.63, 3.8) is 0 Å². The molecule has 1 amide bonds. The highest BCUT2D eigenvalue weighted by Crippen LogP contribution is 2.46. The number of fused-ring (bicyclic) bond motifs is 1. The number of ether oxygens (including phenoxy) is 1. The zero-order valence-corrected chi connectivity index (χ0v) is 18.1. The lowest BCUT2D eigenvalue weighted by Gasteiger charge is -2.24. The molecule has 30 heavy (non-hydrogen) atoms. The Kier molecular flexibility index (Phi) is 5.49. The lowest BCUT2D eigenvalue weighted by molar-refractivity contribution is -0.116. The maximum absolute atomic E-state index is 13.2. The van der Waals surface area contributed by atoms with Crippen LogP contribution in [-0.2, 0) is 14.6 Å². The summed E-state index contributed by atoms with van der Waals surface area (Å²) < 4.78 is 31.9. The molecule has 7 heteroatoms. The molecule has 1 aliphatic heterocycles. The minimum atomic E-state index is -3.73. The third-order valence-electron chi connectivity index (χ3n) is 5.03. The summed E-state index contributed by atoms with van der Waals surface area (Å²) in [5.41, 5.74) is 2.32. The number of hydrogen-bond donors (Lipinski definition) is 1. The summed E-state index contributed by atoms with van der Waals surface area (Å²) >= 11 is 1.36. The lowest BCUT2D eigenvalue weighted by Crippen LogP contribution is -2.23. The molecule has 0 unspecified atom stereocenters. The summed E-state index contributed by atoms with van der Waals surface area (Å²) in [4.78, 5) is 13.7. The molecule has 3 aromatic rings. The van der Waals surface area contributed by atoms with Crippen molar-refractivity contribution in [3.05, 3.63) is 82.6 Å². The van der Waals surface area contributed by atoms with Gasteiger partial charge in [0.05, 0.1) is 10.6 Å². The van der Waals surface area contributed by atoms with Crippen molar-refractivity contribution in [1.82, 2.24) is 0 Å². The van der Waals surface area contributed by atoms with E-state index in [4.69, 9.17) is 4.74 Å². The predicted octanol–water partition coefficient (Wildman–Crippen LogP) is 4.93. The van der Waals surface area contributed by atoms with E-state index >= 15 is 0 Å². The van der Waals surface area contributed by atoms with Crippen LogP contribution in [-0.4, -0.2) is 20.9 Å². The first-order valence-electron chi connectivity index (χ1n) is 9.47. The molecule has 4 rings (SSSR count). The van der Waals surface area contributed by atoms with Crippen molar-refractivity contribution in [2.24, 2.45) is 0 Å². The van der Waals surface area contributed by atoms with Gasteiger partial charge in [0.15, 0.2) is 0 Å². The number of anilines is 1. The molecule has 0 radical (unpaired) electrons. The number of rotatable bonds is 6. The molecule has 2 heterocycles. The van der Waals surface area contributed by atoms with Crippen molar-refractivity contribution in [2.75, 3.05) is 11.9 Å². The quantitative estimate of drug-likeness (QED) is 0.553. The van der Waals surface area contributed by atoms with Gasteiger partial charge in [0, 0.05) is 22.6 Å². The second kappa shape index (κ2) is 8.08. The standard InChI is InChI=1S/C23H21NO4S2/c1-3-12-28-17-8-6-16(7-9-17)19-13-21(25)24-22-20(14-29-23(19)22)30(26,27)18-10-4-15(2)5-11-18/h3-11,14,19H,1,12-13H2,2H3,(H,24,25)/t19-/m0/s1. The molecule has 0 saturated carbocycles. The maximum atomic E-state index is 13.2. The second-order valence-electron chi connectivity index (χ2n) is 7.13. The van der Waals surface area contributed by atoms with E-state index in [1.165, 1.54) is 11.3 Å². The van der Waals surface area contributed by atoms with Crippen molar-refractivity contribution in [2.45, 2.75) is 29.1 Å². The van der Waals surface area contributed by atoms with Crippen LogP contribution in [0, 0.1) is 6.92 Å². The molecule has 5 nitrogen and oxygen atoms in total. The Morgan fingerprint density at radius 3 is 2.53 bits per heavy atom.